The molecule has 0 aliphatic rings. The van der Waals surface area contributed by atoms with Crippen LogP contribution in [-0.2, 0) is 20.7 Å². The lowest BCUT2D eigenvalue weighted by molar-refractivity contribution is -0.145. The van der Waals surface area contributed by atoms with Gasteiger partial charge in [-0.2, -0.15) is 0 Å². The zero-order chi connectivity index (χ0) is 4.28. The summed E-state index contributed by atoms with van der Waals surface area (Å²) in [6.07, 6.45) is 0. The highest BCUT2D eigenvalue weighted by Crippen LogP contribution is 2.17. The van der Waals surface area contributed by atoms with Gasteiger partial charge in [0.15, 0.2) is 0 Å². The summed E-state index contributed by atoms with van der Waals surface area (Å²) in [5.41, 5.74) is -1.30. The smallest absolute Gasteiger partial charge is 0.224 e. The molecule has 0 fully saturated rings. The highest BCUT2D eigenvalue weighted by atomic mass is 79.9. The van der Waals surface area contributed by atoms with Crippen LogP contribution in [0.4, 0.5) is 0 Å². The Morgan fingerprint density at radius 3 is 2.20 bits per heavy atom. The summed E-state index contributed by atoms with van der Waals surface area (Å²) < 4.78 is 0. The van der Waals surface area contributed by atoms with E-state index in [1.54, 1.807) is 0 Å². The number of rotatable bonds is 0. The summed E-state index contributed by atoms with van der Waals surface area (Å²) in [7, 11) is 0.889. The van der Waals surface area contributed by atoms with Gasteiger partial charge >= 0.3 is 0 Å². The van der Waals surface area contributed by atoms with E-state index >= 15 is 0 Å². The Morgan fingerprint density at radius 2 is 2.20 bits per heavy atom. The molecule has 0 aromatic heterocycles. The number of halogens is 1. The molecule has 0 spiro atoms. The van der Waals surface area contributed by atoms with Gasteiger partial charge in [-0.05, 0) is 0 Å². The SMILES string of the molecule is [O-][P+](Br)=S=S. The zero-order valence-corrected chi connectivity index (χ0v) is 6.16. The molecule has 0 rings (SSSR count). The van der Waals surface area contributed by atoms with Crippen molar-refractivity contribution in [3.8, 4) is 0 Å². The van der Waals surface area contributed by atoms with Crippen LogP contribution in [0.2, 0.25) is 0 Å². The molecule has 5 heteroatoms. The van der Waals surface area contributed by atoms with Crippen molar-refractivity contribution in [3.63, 3.8) is 0 Å². The van der Waals surface area contributed by atoms with Crippen LogP contribution in [0.3, 0.4) is 0 Å². The molecule has 0 aromatic carbocycles. The summed E-state index contributed by atoms with van der Waals surface area (Å²) in [6.45, 7) is 0. The van der Waals surface area contributed by atoms with Crippen LogP contribution >= 0.6 is 21.1 Å². The van der Waals surface area contributed by atoms with Crippen LogP contribution < -0.4 is 4.89 Å². The summed E-state index contributed by atoms with van der Waals surface area (Å²) in [5, 5.41) is 0. The van der Waals surface area contributed by atoms with Gasteiger partial charge in [0.2, 0.25) is 21.1 Å². The van der Waals surface area contributed by atoms with E-state index in [4.69, 9.17) is 0 Å². The molecule has 0 bridgehead atoms. The van der Waals surface area contributed by atoms with Gasteiger partial charge in [-0.1, -0.05) is 0 Å². The van der Waals surface area contributed by atoms with Gasteiger partial charge in [-0.15, -0.1) is 0 Å². The van der Waals surface area contributed by atoms with Crippen LogP contribution in [0, 0.1) is 0 Å². The van der Waals surface area contributed by atoms with Crippen molar-refractivity contribution in [1.29, 1.82) is 0 Å². The van der Waals surface area contributed by atoms with Crippen molar-refractivity contribution >= 4 is 41.8 Å². The molecule has 5 heavy (non-hydrogen) atoms. The van der Waals surface area contributed by atoms with Gasteiger partial charge in [0.1, 0.15) is 9.50 Å². The molecule has 0 N–H and O–H groups in total. The molecule has 0 aromatic rings. The largest absolute Gasteiger partial charge is 0.610 e. The van der Waals surface area contributed by atoms with Gasteiger partial charge in [0.05, 0.1) is 0 Å². The first-order valence-electron chi connectivity index (χ1n) is 0.701. The lowest BCUT2D eigenvalue weighted by Gasteiger charge is -1.64. The van der Waals surface area contributed by atoms with Crippen molar-refractivity contribution in [1.82, 2.24) is 0 Å². The summed E-state index contributed by atoms with van der Waals surface area (Å²) in [4.78, 5) is 9.74. The van der Waals surface area contributed by atoms with E-state index in [0.717, 1.165) is 9.50 Å². The Balaban J connectivity index is 3.60. The molecule has 1 atom stereocenters. The first-order chi connectivity index (χ1) is 2.27. The first-order valence-corrected chi connectivity index (χ1v) is 6.33. The molecule has 30 valence electrons. The Kier molecular flexibility index (Phi) is 4.17. The summed E-state index contributed by atoms with van der Waals surface area (Å²) >= 11 is 7.00. The minimum atomic E-state index is -1.30. The number of hydrogen-bond acceptors (Lipinski definition) is 2. The molecule has 0 radical (unpaired) electrons. The first kappa shape index (κ1) is 6.18. The molecule has 0 saturated heterocycles. The third kappa shape index (κ3) is 5.18. The van der Waals surface area contributed by atoms with Gasteiger partial charge in [0.25, 0.3) is 0 Å². The predicted molar refractivity (Wildman–Crippen MR) is 30.6 cm³/mol. The van der Waals surface area contributed by atoms with Gasteiger partial charge in [-0.3, -0.25) is 0 Å². The maximum Gasteiger partial charge on any atom is 0.224 e. The molecule has 0 aliphatic carbocycles. The monoisotopic (exact) mass is 190 g/mol. The quantitative estimate of drug-likeness (QED) is 0.520. The molecule has 0 heterocycles. The maximum atomic E-state index is 9.74. The highest BCUT2D eigenvalue weighted by Gasteiger charge is 1.71. The van der Waals surface area contributed by atoms with Crippen molar-refractivity contribution in [2.75, 3.05) is 0 Å². The molecule has 0 amide bonds. The molecule has 1 unspecified atom stereocenters. The fourth-order valence-electron chi connectivity index (χ4n) is 0. The van der Waals surface area contributed by atoms with E-state index < -0.39 is 5.63 Å². The Bertz CT molecular complexity index is 69.7. The Morgan fingerprint density at radius 1 is 2.00 bits per heavy atom. The number of hydrogen-bond donors (Lipinski definition) is 0. The van der Waals surface area contributed by atoms with E-state index in [1.807, 2.05) is 0 Å². The van der Waals surface area contributed by atoms with Crippen LogP contribution in [0.15, 0.2) is 0 Å². The molecule has 0 saturated carbocycles. The minimum Gasteiger partial charge on any atom is -0.610 e. The normalized spacial score (nSPS) is 10.4. The topological polar surface area (TPSA) is 23.1 Å². The minimum absolute atomic E-state index is 0.889. The van der Waals surface area contributed by atoms with Crippen LogP contribution in [0.25, 0.3) is 0 Å². The van der Waals surface area contributed by atoms with E-state index in [0.29, 0.717) is 0 Å². The fraction of sp³-hybridized carbons (Fsp3) is 0. The third-order valence-electron chi connectivity index (χ3n) is 0.0586. The van der Waals surface area contributed by atoms with E-state index in [2.05, 4.69) is 26.7 Å². The van der Waals surface area contributed by atoms with Gasteiger partial charge in [-0.25, -0.2) is 0 Å². The summed E-state index contributed by atoms with van der Waals surface area (Å²) in [5.74, 6) is 0. The van der Waals surface area contributed by atoms with Crippen LogP contribution in [-0.4, -0.2) is 0 Å². The zero-order valence-electron chi connectivity index (χ0n) is 2.05. The molecule has 1 nitrogen and oxygen atoms in total. The van der Waals surface area contributed by atoms with Crippen LogP contribution in [0.1, 0.15) is 0 Å². The fourth-order valence-corrected chi connectivity index (χ4v) is 0. The van der Waals surface area contributed by atoms with Crippen molar-refractivity contribution < 1.29 is 4.89 Å². The molecular formula is BrOPS2. The lowest BCUT2D eigenvalue weighted by atomic mass is 15.9. The Labute approximate surface area is 46.8 Å². The second kappa shape index (κ2) is 3.37. The Hall–Kier alpha value is 1.18. The van der Waals surface area contributed by atoms with E-state index in [9.17, 15) is 4.89 Å². The average Bonchev–Trinajstić information content (AvgIpc) is 1.38. The van der Waals surface area contributed by atoms with Gasteiger partial charge < -0.3 is 4.89 Å². The second-order valence-corrected chi connectivity index (χ2v) is 6.99. The van der Waals surface area contributed by atoms with E-state index in [1.165, 1.54) is 0 Å². The van der Waals surface area contributed by atoms with Crippen molar-refractivity contribution in [3.05, 3.63) is 0 Å². The maximum absolute atomic E-state index is 9.74. The highest BCUT2D eigenvalue weighted by molar-refractivity contribution is 9.40. The lowest BCUT2D eigenvalue weighted by Crippen LogP contribution is -1.73. The van der Waals surface area contributed by atoms with E-state index in [-0.39, 0.29) is 0 Å². The average molecular weight is 191 g/mol. The third-order valence-corrected chi connectivity index (χ3v) is 4.77. The molecule has 0 aliphatic heterocycles. The second-order valence-electron chi connectivity index (χ2n) is 0.287. The predicted octanol–water partition coefficient (Wildman–Crippen LogP) is 0.513. The molecular weight excluding hydrogens is 191 g/mol. The van der Waals surface area contributed by atoms with Crippen molar-refractivity contribution in [2.45, 2.75) is 0 Å². The van der Waals surface area contributed by atoms with Gasteiger partial charge in [0, 0.05) is 11.2 Å². The van der Waals surface area contributed by atoms with Crippen molar-refractivity contribution in [2.24, 2.45) is 0 Å². The van der Waals surface area contributed by atoms with Crippen LogP contribution in [0.5, 0.6) is 0 Å². The summed E-state index contributed by atoms with van der Waals surface area (Å²) in [6, 6.07) is 0. The standard InChI is InChI=1S/BrOPS2/c1-3(2)5-4.